The molecule has 3 aliphatic heterocycles. The smallest absolute Gasteiger partial charge is 0.229 e. The molecule has 3 aliphatic rings. The highest BCUT2D eigenvalue weighted by atomic mass is 16.2. The SMILES string of the molecule is OCCCCCCCCCCCCN1CCN(c2cc(N3CCCC3)nc(N3CCCC3)n2)CC1. The minimum absolute atomic E-state index is 0.356. The second-order valence-electron chi connectivity index (χ2n) is 10.9. The summed E-state index contributed by atoms with van der Waals surface area (Å²) in [5.74, 6) is 3.23. The van der Waals surface area contributed by atoms with E-state index in [2.05, 4.69) is 25.7 Å². The Morgan fingerprint density at radius 2 is 1.00 bits per heavy atom. The van der Waals surface area contributed by atoms with Crippen molar-refractivity contribution in [2.24, 2.45) is 0 Å². The van der Waals surface area contributed by atoms with Crippen LogP contribution in [0.25, 0.3) is 0 Å². The first-order valence-electron chi connectivity index (χ1n) is 14.8. The third-order valence-electron chi connectivity index (χ3n) is 8.09. The molecule has 1 N–H and O–H groups in total. The number of aliphatic hydroxyl groups excluding tert-OH is 1. The Morgan fingerprint density at radius 1 is 0.543 bits per heavy atom. The Morgan fingerprint density at radius 3 is 1.54 bits per heavy atom. The van der Waals surface area contributed by atoms with E-state index in [-0.39, 0.29) is 0 Å². The Balaban J connectivity index is 1.15. The van der Waals surface area contributed by atoms with E-state index >= 15 is 0 Å². The molecular formula is C28H50N6O. The van der Waals surface area contributed by atoms with Crippen LogP contribution >= 0.6 is 0 Å². The van der Waals surface area contributed by atoms with Crippen LogP contribution in [-0.4, -0.2) is 85.5 Å². The molecule has 4 heterocycles. The molecule has 0 radical (unpaired) electrons. The molecule has 35 heavy (non-hydrogen) atoms. The van der Waals surface area contributed by atoms with Crippen molar-refractivity contribution >= 4 is 17.6 Å². The van der Waals surface area contributed by atoms with Crippen LogP contribution in [0.15, 0.2) is 6.07 Å². The molecule has 0 atom stereocenters. The minimum Gasteiger partial charge on any atom is -0.396 e. The number of hydrogen-bond donors (Lipinski definition) is 1. The number of anilines is 3. The van der Waals surface area contributed by atoms with Gasteiger partial charge in [0.25, 0.3) is 0 Å². The van der Waals surface area contributed by atoms with Crippen molar-refractivity contribution in [1.82, 2.24) is 14.9 Å². The summed E-state index contributed by atoms with van der Waals surface area (Å²) in [5.41, 5.74) is 0. The highest BCUT2D eigenvalue weighted by Gasteiger charge is 2.24. The molecule has 198 valence electrons. The number of rotatable bonds is 15. The molecule has 3 fully saturated rings. The first-order chi connectivity index (χ1) is 17.3. The number of piperazine rings is 1. The summed E-state index contributed by atoms with van der Waals surface area (Å²) >= 11 is 0. The lowest BCUT2D eigenvalue weighted by Crippen LogP contribution is -2.47. The van der Waals surface area contributed by atoms with Crippen molar-refractivity contribution in [1.29, 1.82) is 0 Å². The van der Waals surface area contributed by atoms with Gasteiger partial charge < -0.3 is 19.8 Å². The maximum atomic E-state index is 8.83. The van der Waals surface area contributed by atoms with Crippen LogP contribution in [0.1, 0.15) is 89.9 Å². The molecule has 0 aromatic carbocycles. The van der Waals surface area contributed by atoms with Gasteiger partial charge in [-0.15, -0.1) is 0 Å². The Kier molecular flexibility index (Phi) is 11.2. The van der Waals surface area contributed by atoms with E-state index in [0.717, 1.165) is 76.4 Å². The van der Waals surface area contributed by atoms with Crippen LogP contribution < -0.4 is 14.7 Å². The summed E-state index contributed by atoms with van der Waals surface area (Å²) in [7, 11) is 0. The maximum Gasteiger partial charge on any atom is 0.229 e. The van der Waals surface area contributed by atoms with Crippen LogP contribution in [0.5, 0.6) is 0 Å². The molecule has 0 amide bonds. The van der Waals surface area contributed by atoms with Crippen molar-refractivity contribution in [3.05, 3.63) is 6.07 Å². The van der Waals surface area contributed by atoms with Crippen molar-refractivity contribution in [3.8, 4) is 0 Å². The lowest BCUT2D eigenvalue weighted by atomic mass is 10.1. The third-order valence-corrected chi connectivity index (χ3v) is 8.09. The van der Waals surface area contributed by atoms with Gasteiger partial charge in [0.1, 0.15) is 11.6 Å². The zero-order chi connectivity index (χ0) is 24.1. The van der Waals surface area contributed by atoms with E-state index in [1.165, 1.54) is 90.0 Å². The topological polar surface area (TPSA) is 59.0 Å². The van der Waals surface area contributed by atoms with Gasteiger partial charge in [-0.2, -0.15) is 9.97 Å². The van der Waals surface area contributed by atoms with Gasteiger partial charge in [-0.3, -0.25) is 4.90 Å². The molecule has 7 heteroatoms. The van der Waals surface area contributed by atoms with Crippen LogP contribution in [-0.2, 0) is 0 Å². The fourth-order valence-electron chi connectivity index (χ4n) is 5.80. The van der Waals surface area contributed by atoms with E-state index in [1.54, 1.807) is 0 Å². The standard InChI is InChI=1S/C28H50N6O/c35-24-14-8-6-4-2-1-3-5-7-9-15-31-20-22-33(23-21-31)27-25-26(32-16-10-11-17-32)29-28(30-27)34-18-12-13-19-34/h25,35H,1-24H2. The van der Waals surface area contributed by atoms with Crippen molar-refractivity contribution in [3.63, 3.8) is 0 Å². The van der Waals surface area contributed by atoms with Gasteiger partial charge in [-0.1, -0.05) is 51.4 Å². The summed E-state index contributed by atoms with van der Waals surface area (Å²) in [6.45, 7) is 10.5. The first kappa shape index (κ1) is 26.5. The molecule has 0 spiro atoms. The third kappa shape index (κ3) is 8.49. The van der Waals surface area contributed by atoms with E-state index in [1.807, 2.05) is 0 Å². The Labute approximate surface area is 213 Å². The number of aromatic nitrogens is 2. The quantitative estimate of drug-likeness (QED) is 0.361. The molecule has 0 aliphatic carbocycles. The largest absolute Gasteiger partial charge is 0.396 e. The highest BCUT2D eigenvalue weighted by molar-refractivity contribution is 5.56. The van der Waals surface area contributed by atoms with E-state index < -0.39 is 0 Å². The maximum absolute atomic E-state index is 8.83. The summed E-state index contributed by atoms with van der Waals surface area (Å²) in [5, 5.41) is 8.83. The van der Waals surface area contributed by atoms with E-state index in [9.17, 15) is 0 Å². The lowest BCUT2D eigenvalue weighted by molar-refractivity contribution is 0.251. The highest BCUT2D eigenvalue weighted by Crippen LogP contribution is 2.27. The number of unbranched alkanes of at least 4 members (excludes halogenated alkanes) is 9. The van der Waals surface area contributed by atoms with Crippen LogP contribution in [0.3, 0.4) is 0 Å². The molecule has 0 bridgehead atoms. The van der Waals surface area contributed by atoms with Crippen LogP contribution in [0, 0.1) is 0 Å². The van der Waals surface area contributed by atoms with E-state index in [0.29, 0.717) is 6.61 Å². The fourth-order valence-corrected chi connectivity index (χ4v) is 5.80. The molecule has 0 saturated carbocycles. The second-order valence-corrected chi connectivity index (χ2v) is 10.9. The van der Waals surface area contributed by atoms with Crippen LogP contribution in [0.2, 0.25) is 0 Å². The summed E-state index contributed by atoms with van der Waals surface area (Å²) in [6.07, 6.45) is 18.1. The van der Waals surface area contributed by atoms with Gasteiger partial charge in [0.15, 0.2) is 0 Å². The normalized spacial score (nSPS) is 19.3. The van der Waals surface area contributed by atoms with Gasteiger partial charge in [0.2, 0.25) is 5.95 Å². The zero-order valence-corrected chi connectivity index (χ0v) is 22.2. The molecular weight excluding hydrogens is 436 g/mol. The summed E-state index contributed by atoms with van der Waals surface area (Å²) in [4.78, 5) is 20.0. The van der Waals surface area contributed by atoms with Gasteiger partial charge in [0, 0.05) is 65.0 Å². The number of nitrogens with zero attached hydrogens (tertiary/aromatic N) is 6. The Hall–Kier alpha value is -1.60. The summed E-state index contributed by atoms with van der Waals surface area (Å²) in [6, 6.07) is 2.26. The first-order valence-corrected chi connectivity index (χ1v) is 14.8. The summed E-state index contributed by atoms with van der Waals surface area (Å²) < 4.78 is 0. The fraction of sp³-hybridized carbons (Fsp3) is 0.857. The molecule has 4 rings (SSSR count). The average molecular weight is 487 g/mol. The molecule has 3 saturated heterocycles. The predicted molar refractivity (Wildman–Crippen MR) is 147 cm³/mol. The Bertz CT molecular complexity index is 677. The average Bonchev–Trinajstić information content (AvgIpc) is 3.63. The minimum atomic E-state index is 0.356. The van der Waals surface area contributed by atoms with Crippen molar-refractivity contribution in [2.75, 3.05) is 80.2 Å². The van der Waals surface area contributed by atoms with Gasteiger partial charge in [-0.05, 0) is 45.1 Å². The molecule has 1 aromatic heterocycles. The van der Waals surface area contributed by atoms with E-state index in [4.69, 9.17) is 15.1 Å². The lowest BCUT2D eigenvalue weighted by Gasteiger charge is -2.36. The molecule has 0 unspecified atom stereocenters. The number of hydrogen-bond acceptors (Lipinski definition) is 7. The zero-order valence-electron chi connectivity index (χ0n) is 22.2. The van der Waals surface area contributed by atoms with Gasteiger partial charge in [-0.25, -0.2) is 0 Å². The number of aliphatic hydroxyl groups is 1. The van der Waals surface area contributed by atoms with Crippen molar-refractivity contribution in [2.45, 2.75) is 89.9 Å². The van der Waals surface area contributed by atoms with Crippen molar-refractivity contribution < 1.29 is 5.11 Å². The predicted octanol–water partition coefficient (Wildman–Crippen LogP) is 4.69. The second kappa shape index (κ2) is 14.8. The van der Waals surface area contributed by atoms with Gasteiger partial charge in [0.05, 0.1) is 0 Å². The molecule has 7 nitrogen and oxygen atoms in total. The van der Waals surface area contributed by atoms with Gasteiger partial charge >= 0.3 is 0 Å². The molecule has 1 aromatic rings. The monoisotopic (exact) mass is 486 g/mol. The van der Waals surface area contributed by atoms with Crippen LogP contribution in [0.4, 0.5) is 17.6 Å².